The van der Waals surface area contributed by atoms with Gasteiger partial charge in [0.05, 0.1) is 5.56 Å². The van der Waals surface area contributed by atoms with Gasteiger partial charge in [0.1, 0.15) is 0 Å². The third-order valence-electron chi connectivity index (χ3n) is 4.43. The average molecular weight is 378 g/mol. The Bertz CT molecular complexity index is 818. The molecule has 0 atom stereocenters. The van der Waals surface area contributed by atoms with Crippen LogP contribution in [0.3, 0.4) is 0 Å². The monoisotopic (exact) mass is 377 g/mol. The van der Waals surface area contributed by atoms with Crippen LogP contribution in [0, 0.1) is 0 Å². The van der Waals surface area contributed by atoms with E-state index in [2.05, 4.69) is 0 Å². The Balaban J connectivity index is 1.61. The smallest absolute Gasteiger partial charge is 0.335 e. The van der Waals surface area contributed by atoms with E-state index in [1.54, 1.807) is 30.3 Å². The third-order valence-corrected chi connectivity index (χ3v) is 4.98. The van der Waals surface area contributed by atoms with E-state index in [4.69, 9.17) is 28.3 Å². The largest absolute Gasteiger partial charge is 0.478 e. The first-order chi connectivity index (χ1) is 11.9. The topological polar surface area (TPSA) is 57.6 Å². The summed E-state index contributed by atoms with van der Waals surface area (Å²) in [6, 6.07) is 10.2. The van der Waals surface area contributed by atoms with Crippen LogP contribution in [0.1, 0.15) is 33.5 Å². The molecule has 1 N–H and O–H groups in total. The van der Waals surface area contributed by atoms with E-state index in [0.29, 0.717) is 36.0 Å². The van der Waals surface area contributed by atoms with Crippen molar-refractivity contribution in [2.24, 2.45) is 0 Å². The van der Waals surface area contributed by atoms with E-state index in [9.17, 15) is 9.59 Å². The van der Waals surface area contributed by atoms with Crippen molar-refractivity contribution >= 4 is 35.1 Å². The lowest BCUT2D eigenvalue weighted by atomic mass is 9.99. The van der Waals surface area contributed by atoms with Gasteiger partial charge in [0.25, 0.3) is 0 Å². The van der Waals surface area contributed by atoms with Crippen LogP contribution in [-0.2, 0) is 24.2 Å². The van der Waals surface area contributed by atoms with E-state index >= 15 is 0 Å². The second-order valence-electron chi connectivity index (χ2n) is 6.09. The highest BCUT2D eigenvalue weighted by Crippen LogP contribution is 2.30. The maximum Gasteiger partial charge on any atom is 0.335 e. The quantitative estimate of drug-likeness (QED) is 0.867. The maximum absolute atomic E-state index is 12.5. The molecule has 6 heteroatoms. The number of carboxylic acids is 1. The number of aryl methyl sites for hydroxylation is 1. The van der Waals surface area contributed by atoms with Crippen LogP contribution in [0.4, 0.5) is 0 Å². The van der Waals surface area contributed by atoms with Crippen molar-refractivity contribution in [1.82, 2.24) is 4.90 Å². The molecule has 0 spiro atoms. The number of fused-ring (bicyclic) bond motifs is 1. The Kier molecular flexibility index (Phi) is 5.30. The van der Waals surface area contributed by atoms with Crippen molar-refractivity contribution in [1.29, 1.82) is 0 Å². The number of carbonyl (C=O) groups is 2. The number of carbonyl (C=O) groups excluding carboxylic acids is 1. The molecule has 1 aliphatic heterocycles. The second-order valence-corrected chi connectivity index (χ2v) is 6.94. The summed E-state index contributed by atoms with van der Waals surface area (Å²) in [5.74, 6) is -0.879. The van der Waals surface area contributed by atoms with Crippen LogP contribution in [0.2, 0.25) is 10.0 Å². The Morgan fingerprint density at radius 2 is 1.84 bits per heavy atom. The van der Waals surface area contributed by atoms with Gasteiger partial charge in [-0.05, 0) is 53.8 Å². The molecule has 0 saturated heterocycles. The summed E-state index contributed by atoms with van der Waals surface area (Å²) in [5.41, 5.74) is 3.26. The van der Waals surface area contributed by atoms with E-state index < -0.39 is 5.97 Å². The van der Waals surface area contributed by atoms with Crippen LogP contribution in [0.5, 0.6) is 0 Å². The van der Waals surface area contributed by atoms with Gasteiger partial charge in [-0.15, -0.1) is 0 Å². The van der Waals surface area contributed by atoms with Crippen LogP contribution >= 0.6 is 23.2 Å². The minimum atomic E-state index is -0.952. The molecule has 0 aliphatic carbocycles. The van der Waals surface area contributed by atoms with Crippen LogP contribution in [-0.4, -0.2) is 28.4 Å². The molecule has 0 fully saturated rings. The van der Waals surface area contributed by atoms with Gasteiger partial charge in [-0.1, -0.05) is 35.3 Å². The highest BCUT2D eigenvalue weighted by atomic mass is 35.5. The summed E-state index contributed by atoms with van der Waals surface area (Å²) in [6.07, 6.45) is 1.69. The van der Waals surface area contributed by atoms with Crippen molar-refractivity contribution < 1.29 is 14.7 Å². The summed E-state index contributed by atoms with van der Waals surface area (Å²) >= 11 is 12.3. The molecule has 1 heterocycles. The molecule has 0 saturated carbocycles. The fourth-order valence-corrected chi connectivity index (χ4v) is 3.68. The molecule has 2 aromatic rings. The number of carboxylic acid groups (broad SMARTS) is 1. The van der Waals surface area contributed by atoms with Gasteiger partial charge in [-0.25, -0.2) is 4.79 Å². The number of benzene rings is 2. The number of nitrogens with zero attached hydrogens (tertiary/aromatic N) is 1. The molecular weight excluding hydrogens is 361 g/mol. The summed E-state index contributed by atoms with van der Waals surface area (Å²) in [7, 11) is 0. The standard InChI is InChI=1S/C19H17Cl2NO3/c20-15-9-14-11-22(8-7-16(14)17(21)10-15)18(23)6-3-12-1-4-13(5-2-12)19(24)25/h1-2,4-5,9-10H,3,6-8,11H2,(H,24,25). The summed E-state index contributed by atoms with van der Waals surface area (Å²) < 4.78 is 0. The molecule has 0 radical (unpaired) electrons. The molecular formula is C19H17Cl2NO3. The van der Waals surface area contributed by atoms with Gasteiger partial charge in [0, 0.05) is 29.6 Å². The zero-order valence-electron chi connectivity index (χ0n) is 13.5. The van der Waals surface area contributed by atoms with E-state index in [-0.39, 0.29) is 11.5 Å². The number of amides is 1. The SMILES string of the molecule is O=C(O)c1ccc(CCC(=O)N2CCc3c(Cl)cc(Cl)cc3C2)cc1. The maximum atomic E-state index is 12.5. The molecule has 25 heavy (non-hydrogen) atoms. The van der Waals surface area contributed by atoms with Gasteiger partial charge in [0.15, 0.2) is 0 Å². The van der Waals surface area contributed by atoms with E-state index in [0.717, 1.165) is 23.1 Å². The van der Waals surface area contributed by atoms with Crippen molar-refractivity contribution in [2.45, 2.75) is 25.8 Å². The zero-order valence-corrected chi connectivity index (χ0v) is 15.0. The highest BCUT2D eigenvalue weighted by molar-refractivity contribution is 6.35. The Morgan fingerprint density at radius 1 is 1.12 bits per heavy atom. The number of hydrogen-bond acceptors (Lipinski definition) is 2. The summed E-state index contributed by atoms with van der Waals surface area (Å²) in [4.78, 5) is 25.2. The fraction of sp³-hybridized carbons (Fsp3) is 0.263. The second kappa shape index (κ2) is 7.46. The first-order valence-electron chi connectivity index (χ1n) is 8.01. The first kappa shape index (κ1) is 17.8. The molecule has 3 rings (SSSR count). The average Bonchev–Trinajstić information content (AvgIpc) is 2.59. The lowest BCUT2D eigenvalue weighted by Gasteiger charge is -2.29. The number of aromatic carboxylic acids is 1. The van der Waals surface area contributed by atoms with E-state index in [1.165, 1.54) is 0 Å². The lowest BCUT2D eigenvalue weighted by molar-refractivity contribution is -0.132. The van der Waals surface area contributed by atoms with Crippen LogP contribution in [0.15, 0.2) is 36.4 Å². The lowest BCUT2D eigenvalue weighted by Crippen LogP contribution is -2.36. The number of halogens is 2. The van der Waals surface area contributed by atoms with Crippen molar-refractivity contribution in [3.05, 3.63) is 68.7 Å². The van der Waals surface area contributed by atoms with Crippen LogP contribution in [0.25, 0.3) is 0 Å². The van der Waals surface area contributed by atoms with Gasteiger partial charge in [0.2, 0.25) is 5.91 Å². The van der Waals surface area contributed by atoms with E-state index in [1.807, 2.05) is 11.0 Å². The van der Waals surface area contributed by atoms with Gasteiger partial charge in [-0.2, -0.15) is 0 Å². The van der Waals surface area contributed by atoms with Gasteiger partial charge < -0.3 is 10.0 Å². The molecule has 1 amide bonds. The van der Waals surface area contributed by atoms with Crippen molar-refractivity contribution in [2.75, 3.05) is 6.54 Å². The zero-order chi connectivity index (χ0) is 18.0. The Hall–Kier alpha value is -2.04. The third kappa shape index (κ3) is 4.14. The number of hydrogen-bond donors (Lipinski definition) is 1. The molecule has 0 bridgehead atoms. The summed E-state index contributed by atoms with van der Waals surface area (Å²) in [6.45, 7) is 1.16. The predicted octanol–water partition coefficient (Wildman–Crippen LogP) is 4.21. The van der Waals surface area contributed by atoms with Gasteiger partial charge in [-0.3, -0.25) is 4.79 Å². The van der Waals surface area contributed by atoms with Gasteiger partial charge >= 0.3 is 5.97 Å². The van der Waals surface area contributed by atoms with Crippen molar-refractivity contribution in [3.8, 4) is 0 Å². The number of rotatable bonds is 4. The Morgan fingerprint density at radius 3 is 2.52 bits per heavy atom. The molecule has 130 valence electrons. The highest BCUT2D eigenvalue weighted by Gasteiger charge is 2.22. The molecule has 0 aromatic heterocycles. The first-order valence-corrected chi connectivity index (χ1v) is 8.76. The molecule has 1 aliphatic rings. The minimum Gasteiger partial charge on any atom is -0.478 e. The molecule has 2 aromatic carbocycles. The minimum absolute atomic E-state index is 0.0732. The van der Waals surface area contributed by atoms with Crippen molar-refractivity contribution in [3.63, 3.8) is 0 Å². The fourth-order valence-electron chi connectivity index (χ4n) is 3.05. The normalized spacial score (nSPS) is 13.4. The molecule has 0 unspecified atom stereocenters. The summed E-state index contributed by atoms with van der Waals surface area (Å²) in [5, 5.41) is 10.1. The Labute approximate surface area is 156 Å². The molecule has 4 nitrogen and oxygen atoms in total. The van der Waals surface area contributed by atoms with Crippen LogP contribution < -0.4 is 0 Å². The predicted molar refractivity (Wildman–Crippen MR) is 97.3 cm³/mol.